The molecule has 4 aliphatic rings. The SMILES string of the molecule is CN1[C@H]2CC[C@@H]1[C@H](c1nc(-c3ccccc3)no1)[C@@H](c1ccc(F)cc1)C2.Cc1ccc([C@H]2C[C@@H]3CC[C@H]([C@@H]2c2nc(-c4ccccc4)no2)N3C)cc1. The molecule has 4 fully saturated rings. The standard InChI is InChI=1S/C23H25N3O.C22H22FN3O/c1-15-8-10-16(11-9-15)19-14-18-12-13-20(26(18)2)21(19)23-24-22(25-27-23)17-6-4-3-5-7-17;1-26-17-11-12-19(26)20(18(13-17)14-7-9-16(23)10-8-14)22-24-21(25-27-22)15-5-3-2-4-6-15/h3-11,18-21H,12-14H2,1-2H3;2-10,17-20H,11-13H2,1H3/t18-,19+,20+,21+;17-,18+,19+,20+/m00/s1. The number of halogens is 1. The van der Waals surface area contributed by atoms with Gasteiger partial charge in [-0.3, -0.25) is 9.80 Å². The highest BCUT2D eigenvalue weighted by atomic mass is 19.1. The number of fused-ring (bicyclic) bond motifs is 4. The lowest BCUT2D eigenvalue weighted by atomic mass is 9.76. The molecule has 0 N–H and O–H groups in total. The topological polar surface area (TPSA) is 84.3 Å². The minimum atomic E-state index is -0.199. The Morgan fingerprint density at radius 2 is 0.981 bits per heavy atom. The molecule has 2 aromatic heterocycles. The predicted octanol–water partition coefficient (Wildman–Crippen LogP) is 9.39. The Labute approximate surface area is 316 Å². The molecule has 0 saturated carbocycles. The van der Waals surface area contributed by atoms with Crippen molar-refractivity contribution < 1.29 is 13.4 Å². The summed E-state index contributed by atoms with van der Waals surface area (Å²) >= 11 is 0. The third-order valence-electron chi connectivity index (χ3n) is 12.9. The van der Waals surface area contributed by atoms with E-state index in [1.54, 1.807) is 12.1 Å². The van der Waals surface area contributed by atoms with Crippen LogP contribution < -0.4 is 0 Å². The number of rotatable bonds is 6. The number of aryl methyl sites for hydroxylation is 1. The molecule has 8 nitrogen and oxygen atoms in total. The van der Waals surface area contributed by atoms with Crippen molar-refractivity contribution in [2.45, 2.75) is 93.3 Å². The monoisotopic (exact) mass is 722 g/mol. The van der Waals surface area contributed by atoms with E-state index in [1.807, 2.05) is 72.8 Å². The van der Waals surface area contributed by atoms with Crippen LogP contribution in [0.5, 0.6) is 0 Å². The van der Waals surface area contributed by atoms with Gasteiger partial charge >= 0.3 is 0 Å². The molecule has 4 bridgehead atoms. The van der Waals surface area contributed by atoms with Crippen molar-refractivity contribution in [2.24, 2.45) is 0 Å². The molecule has 4 saturated heterocycles. The van der Waals surface area contributed by atoms with Gasteiger partial charge in [0.2, 0.25) is 23.4 Å². The van der Waals surface area contributed by atoms with Gasteiger partial charge in [-0.2, -0.15) is 9.97 Å². The number of benzene rings is 4. The first-order chi connectivity index (χ1) is 26.4. The first-order valence-electron chi connectivity index (χ1n) is 19.4. The zero-order valence-electron chi connectivity index (χ0n) is 31.1. The molecule has 10 rings (SSSR count). The van der Waals surface area contributed by atoms with Crippen LogP contribution in [0.15, 0.2) is 118 Å². The zero-order valence-corrected chi connectivity index (χ0v) is 31.1. The summed E-state index contributed by atoms with van der Waals surface area (Å²) in [6.07, 6.45) is 6.98. The molecule has 0 aliphatic carbocycles. The normalized spacial score (nSPS) is 27.8. The maximum atomic E-state index is 13.4. The summed E-state index contributed by atoms with van der Waals surface area (Å²) in [4.78, 5) is 14.6. The number of hydrogen-bond acceptors (Lipinski definition) is 8. The van der Waals surface area contributed by atoms with Gasteiger partial charge in [-0.25, -0.2) is 4.39 Å². The van der Waals surface area contributed by atoms with E-state index in [9.17, 15) is 4.39 Å². The molecule has 9 heteroatoms. The van der Waals surface area contributed by atoms with E-state index in [4.69, 9.17) is 19.0 Å². The van der Waals surface area contributed by atoms with Crippen LogP contribution in [0.3, 0.4) is 0 Å². The van der Waals surface area contributed by atoms with E-state index in [-0.39, 0.29) is 23.6 Å². The second-order valence-electron chi connectivity index (χ2n) is 15.8. The van der Waals surface area contributed by atoms with E-state index in [1.165, 1.54) is 30.4 Å². The van der Waals surface area contributed by atoms with Gasteiger partial charge in [-0.1, -0.05) is 113 Å². The van der Waals surface area contributed by atoms with Gasteiger partial charge in [-0.15, -0.1) is 0 Å². The molecule has 8 atom stereocenters. The highest BCUT2D eigenvalue weighted by molar-refractivity contribution is 5.54. The molecule has 6 aromatic rings. The summed E-state index contributed by atoms with van der Waals surface area (Å²) in [6, 6.07) is 38.0. The lowest BCUT2D eigenvalue weighted by Gasteiger charge is -2.41. The molecule has 6 heterocycles. The number of nitrogens with zero attached hydrogens (tertiary/aromatic N) is 6. The van der Waals surface area contributed by atoms with Crippen LogP contribution in [0.1, 0.15) is 90.7 Å². The fourth-order valence-corrected chi connectivity index (χ4v) is 9.97. The smallest absolute Gasteiger partial charge is 0.232 e. The van der Waals surface area contributed by atoms with Gasteiger partial charge in [0.1, 0.15) is 5.82 Å². The third kappa shape index (κ3) is 6.58. The Balaban J connectivity index is 0.000000142. The number of aromatic nitrogens is 4. The summed E-state index contributed by atoms with van der Waals surface area (Å²) in [6.45, 7) is 2.14. The van der Waals surface area contributed by atoms with Crippen molar-refractivity contribution in [1.29, 1.82) is 0 Å². The Bertz CT molecular complexity index is 2000. The number of likely N-dealkylation sites (N-methyl/N-ethyl adjacent to an activating group) is 2. The zero-order chi connectivity index (χ0) is 36.8. The highest BCUT2D eigenvalue weighted by Gasteiger charge is 2.50. The maximum absolute atomic E-state index is 13.4. The Hall–Kier alpha value is -4.99. The van der Waals surface area contributed by atoms with Crippen LogP contribution in [0, 0.1) is 12.7 Å². The van der Waals surface area contributed by atoms with Crippen molar-refractivity contribution >= 4 is 0 Å². The molecule has 276 valence electrons. The van der Waals surface area contributed by atoms with Gasteiger partial charge in [0.05, 0.1) is 11.8 Å². The van der Waals surface area contributed by atoms with Crippen LogP contribution in [0.25, 0.3) is 22.8 Å². The second kappa shape index (κ2) is 14.7. The average molecular weight is 723 g/mol. The maximum Gasteiger partial charge on any atom is 0.232 e. The van der Waals surface area contributed by atoms with Crippen molar-refractivity contribution in [1.82, 2.24) is 30.1 Å². The second-order valence-corrected chi connectivity index (χ2v) is 15.8. The fourth-order valence-electron chi connectivity index (χ4n) is 9.97. The van der Waals surface area contributed by atoms with Gasteiger partial charge in [0.15, 0.2) is 0 Å². The van der Waals surface area contributed by atoms with Crippen molar-refractivity contribution in [3.8, 4) is 22.8 Å². The predicted molar refractivity (Wildman–Crippen MR) is 206 cm³/mol. The minimum Gasteiger partial charge on any atom is -0.339 e. The molecule has 0 amide bonds. The van der Waals surface area contributed by atoms with E-state index < -0.39 is 0 Å². The van der Waals surface area contributed by atoms with E-state index in [2.05, 4.69) is 65.4 Å². The molecular weight excluding hydrogens is 676 g/mol. The van der Waals surface area contributed by atoms with Gasteiger partial charge in [-0.05, 0) is 94.6 Å². The van der Waals surface area contributed by atoms with Crippen molar-refractivity contribution in [2.75, 3.05) is 14.1 Å². The van der Waals surface area contributed by atoms with E-state index >= 15 is 0 Å². The van der Waals surface area contributed by atoms with Crippen molar-refractivity contribution in [3.05, 3.63) is 143 Å². The first-order valence-corrected chi connectivity index (χ1v) is 19.4. The largest absolute Gasteiger partial charge is 0.339 e. The number of hydrogen-bond donors (Lipinski definition) is 0. The lowest BCUT2D eigenvalue weighted by Crippen LogP contribution is -2.44. The van der Waals surface area contributed by atoms with E-state index in [0.717, 1.165) is 41.8 Å². The molecule has 4 aliphatic heterocycles. The minimum absolute atomic E-state index is 0.129. The van der Waals surface area contributed by atoms with Crippen LogP contribution in [-0.4, -0.2) is 68.3 Å². The molecule has 0 unspecified atom stereocenters. The Morgan fingerprint density at radius 3 is 1.43 bits per heavy atom. The fraction of sp³-hybridized carbons (Fsp3) is 0.378. The molecule has 0 radical (unpaired) electrons. The van der Waals surface area contributed by atoms with Crippen LogP contribution in [0.2, 0.25) is 0 Å². The van der Waals surface area contributed by atoms with Crippen LogP contribution >= 0.6 is 0 Å². The third-order valence-corrected chi connectivity index (χ3v) is 12.9. The molecule has 54 heavy (non-hydrogen) atoms. The summed E-state index contributed by atoms with van der Waals surface area (Å²) < 4.78 is 25.1. The summed E-state index contributed by atoms with van der Waals surface area (Å²) in [5.74, 6) is 3.69. The van der Waals surface area contributed by atoms with Crippen LogP contribution in [-0.2, 0) is 0 Å². The summed E-state index contributed by atoms with van der Waals surface area (Å²) in [5, 5.41) is 8.55. The highest BCUT2D eigenvalue weighted by Crippen LogP contribution is 2.52. The first kappa shape index (κ1) is 34.8. The molecule has 0 spiro atoms. The van der Waals surface area contributed by atoms with Crippen molar-refractivity contribution in [3.63, 3.8) is 0 Å². The number of piperidine rings is 2. The Kier molecular flexibility index (Phi) is 9.45. The summed E-state index contributed by atoms with van der Waals surface area (Å²) in [7, 11) is 4.46. The van der Waals surface area contributed by atoms with Gasteiger partial charge in [0, 0.05) is 35.3 Å². The van der Waals surface area contributed by atoms with Crippen LogP contribution in [0.4, 0.5) is 4.39 Å². The lowest BCUT2D eigenvalue weighted by molar-refractivity contribution is 0.119. The van der Waals surface area contributed by atoms with Gasteiger partial charge < -0.3 is 9.05 Å². The van der Waals surface area contributed by atoms with E-state index in [0.29, 0.717) is 47.6 Å². The average Bonchev–Trinajstić information content (AvgIpc) is 3.99. The quantitative estimate of drug-likeness (QED) is 0.168. The molecule has 4 aromatic carbocycles. The Morgan fingerprint density at radius 1 is 0.556 bits per heavy atom. The van der Waals surface area contributed by atoms with Gasteiger partial charge in [0.25, 0.3) is 0 Å². The summed E-state index contributed by atoms with van der Waals surface area (Å²) in [5.41, 5.74) is 5.82. The molecular formula is C45H47FN6O2.